The Balaban J connectivity index is 1.68. The Morgan fingerprint density at radius 2 is 1.41 bits per heavy atom. The van der Waals surface area contributed by atoms with Crippen LogP contribution in [0.15, 0.2) is 77.7 Å². The Kier molecular flexibility index (Phi) is 4.14. The number of benzene rings is 3. The van der Waals surface area contributed by atoms with Crippen molar-refractivity contribution in [1.29, 1.82) is 0 Å². The maximum absolute atomic E-state index is 13.6. The highest BCUT2D eigenvalue weighted by molar-refractivity contribution is 7.90. The van der Waals surface area contributed by atoms with Gasteiger partial charge < -0.3 is 0 Å². The molecule has 0 aliphatic heterocycles. The van der Waals surface area contributed by atoms with Crippen molar-refractivity contribution < 1.29 is 8.42 Å². The molecule has 1 aromatic heterocycles. The van der Waals surface area contributed by atoms with Gasteiger partial charge in [0, 0.05) is 11.1 Å². The molecule has 0 bridgehead atoms. The van der Waals surface area contributed by atoms with Crippen LogP contribution in [-0.4, -0.2) is 12.4 Å². The molecule has 3 nitrogen and oxygen atoms in total. The van der Waals surface area contributed by atoms with Gasteiger partial charge in [-0.25, -0.2) is 12.4 Å². The molecule has 0 saturated carbocycles. The number of hydrogen-bond donors (Lipinski definition) is 0. The molecule has 4 heteroatoms. The number of para-hydroxylation sites is 1. The van der Waals surface area contributed by atoms with E-state index >= 15 is 0 Å². The average Bonchev–Trinajstić information content (AvgIpc) is 3.26. The third-order valence-electron chi connectivity index (χ3n) is 6.04. The largest absolute Gasteiger partial charge is 0.268 e. The maximum atomic E-state index is 13.6. The summed E-state index contributed by atoms with van der Waals surface area (Å²) in [6, 6.07) is 23.6. The smallest absolute Gasteiger partial charge is 0.238 e. The van der Waals surface area contributed by atoms with E-state index in [1.165, 1.54) is 16.7 Å². The van der Waals surface area contributed by atoms with Crippen molar-refractivity contribution >= 4 is 20.9 Å². The Bertz CT molecular complexity index is 1310. The van der Waals surface area contributed by atoms with Gasteiger partial charge in [-0.05, 0) is 61.9 Å². The fourth-order valence-electron chi connectivity index (χ4n) is 4.48. The third kappa shape index (κ3) is 2.90. The molecule has 0 radical (unpaired) electrons. The van der Waals surface area contributed by atoms with E-state index in [1.807, 2.05) is 43.3 Å². The van der Waals surface area contributed by atoms with Crippen molar-refractivity contribution in [3.8, 4) is 0 Å². The first-order chi connectivity index (χ1) is 13.9. The minimum atomic E-state index is -3.66. The van der Waals surface area contributed by atoms with Crippen LogP contribution in [0.3, 0.4) is 0 Å². The fraction of sp³-hybridized carbons (Fsp3) is 0.200. The molecule has 0 spiro atoms. The van der Waals surface area contributed by atoms with E-state index in [-0.39, 0.29) is 0 Å². The molecule has 1 aliphatic rings. The van der Waals surface area contributed by atoms with Crippen molar-refractivity contribution in [2.45, 2.75) is 37.5 Å². The van der Waals surface area contributed by atoms with Crippen LogP contribution in [0, 0.1) is 13.8 Å². The lowest BCUT2D eigenvalue weighted by atomic mass is 9.95. The number of nitrogens with zero attached hydrogens (tertiary/aromatic N) is 1. The Morgan fingerprint density at radius 1 is 0.793 bits per heavy atom. The molecule has 1 unspecified atom stereocenters. The molecule has 0 saturated heterocycles. The third-order valence-corrected chi connectivity index (χ3v) is 7.81. The number of fused-ring (bicyclic) bond motifs is 3. The molecule has 5 rings (SSSR count). The topological polar surface area (TPSA) is 39.1 Å². The summed E-state index contributed by atoms with van der Waals surface area (Å²) in [7, 11) is -3.66. The highest BCUT2D eigenvalue weighted by Crippen LogP contribution is 2.41. The summed E-state index contributed by atoms with van der Waals surface area (Å²) in [6.45, 7) is 4.05. The summed E-state index contributed by atoms with van der Waals surface area (Å²) in [5, 5.41) is 1.05. The normalized spacial score (nSPS) is 16.3. The van der Waals surface area contributed by atoms with Gasteiger partial charge in [-0.15, -0.1) is 0 Å². The lowest BCUT2D eigenvalue weighted by Gasteiger charge is -2.14. The second kappa shape index (κ2) is 6.60. The zero-order chi connectivity index (χ0) is 20.2. The molecule has 1 aliphatic carbocycles. The molecule has 29 heavy (non-hydrogen) atoms. The molecule has 1 heterocycles. The molecule has 0 amide bonds. The van der Waals surface area contributed by atoms with E-state index in [9.17, 15) is 8.42 Å². The Morgan fingerprint density at radius 3 is 2.10 bits per heavy atom. The van der Waals surface area contributed by atoms with Gasteiger partial charge in [0.15, 0.2) is 0 Å². The van der Waals surface area contributed by atoms with Gasteiger partial charge >= 0.3 is 0 Å². The maximum Gasteiger partial charge on any atom is 0.268 e. The molecular formula is C25H23NO2S. The van der Waals surface area contributed by atoms with Crippen LogP contribution in [0.2, 0.25) is 0 Å². The zero-order valence-corrected chi connectivity index (χ0v) is 17.4. The van der Waals surface area contributed by atoms with Crippen LogP contribution in [0.25, 0.3) is 10.9 Å². The number of aryl methyl sites for hydroxylation is 2. The van der Waals surface area contributed by atoms with Crippen molar-refractivity contribution in [3.63, 3.8) is 0 Å². The van der Waals surface area contributed by atoms with Gasteiger partial charge in [-0.3, -0.25) is 0 Å². The fourth-order valence-corrected chi connectivity index (χ4v) is 6.06. The van der Waals surface area contributed by atoms with Crippen LogP contribution in [0.5, 0.6) is 0 Å². The lowest BCUT2D eigenvalue weighted by molar-refractivity contribution is 0.586. The van der Waals surface area contributed by atoms with E-state index in [1.54, 1.807) is 16.1 Å². The zero-order valence-electron chi connectivity index (χ0n) is 16.6. The van der Waals surface area contributed by atoms with E-state index in [0.717, 1.165) is 35.0 Å². The average molecular weight is 402 g/mol. The second-order valence-corrected chi connectivity index (χ2v) is 9.83. The number of aromatic nitrogens is 1. The predicted molar refractivity (Wildman–Crippen MR) is 117 cm³/mol. The van der Waals surface area contributed by atoms with Crippen molar-refractivity contribution in [3.05, 3.63) is 101 Å². The second-order valence-electron chi connectivity index (χ2n) is 8.04. The SMILES string of the molecule is Cc1ccc(C2Cc3c(n(S(=O)(=O)c4ccc(C)cc4)c4ccccc34)C2)cc1. The molecule has 0 N–H and O–H groups in total. The molecule has 3 aromatic carbocycles. The standard InChI is InChI=1S/C25H23NO2S/c1-17-7-11-19(12-8-17)20-15-23-22-5-3-4-6-24(22)26(25(23)16-20)29(27,28)21-13-9-18(2)10-14-21/h3-14,20H,15-16H2,1-2H3. The van der Waals surface area contributed by atoms with E-state index in [4.69, 9.17) is 0 Å². The minimum absolute atomic E-state index is 0.310. The van der Waals surface area contributed by atoms with E-state index in [2.05, 4.69) is 31.2 Å². The highest BCUT2D eigenvalue weighted by Gasteiger charge is 2.33. The summed E-state index contributed by atoms with van der Waals surface area (Å²) in [5.41, 5.74) is 6.43. The first kappa shape index (κ1) is 18.2. The summed E-state index contributed by atoms with van der Waals surface area (Å²) >= 11 is 0. The quantitative estimate of drug-likeness (QED) is 0.462. The number of hydrogen-bond acceptors (Lipinski definition) is 2. The molecule has 4 aromatic rings. The van der Waals surface area contributed by atoms with Crippen LogP contribution in [0.4, 0.5) is 0 Å². The van der Waals surface area contributed by atoms with Gasteiger partial charge in [-0.1, -0.05) is 65.7 Å². The summed E-state index contributed by atoms with van der Waals surface area (Å²) in [6.07, 6.45) is 1.60. The molecule has 0 fully saturated rings. The van der Waals surface area contributed by atoms with Crippen LogP contribution in [-0.2, 0) is 22.9 Å². The van der Waals surface area contributed by atoms with Crippen molar-refractivity contribution in [1.82, 2.24) is 3.97 Å². The van der Waals surface area contributed by atoms with Crippen molar-refractivity contribution in [2.24, 2.45) is 0 Å². The van der Waals surface area contributed by atoms with Gasteiger partial charge in [0.05, 0.1) is 10.4 Å². The Hall–Kier alpha value is -2.85. The summed E-state index contributed by atoms with van der Waals surface area (Å²) in [4.78, 5) is 0.338. The summed E-state index contributed by atoms with van der Waals surface area (Å²) < 4.78 is 28.9. The van der Waals surface area contributed by atoms with E-state index < -0.39 is 10.0 Å². The summed E-state index contributed by atoms with van der Waals surface area (Å²) in [5.74, 6) is 0.310. The monoisotopic (exact) mass is 401 g/mol. The van der Waals surface area contributed by atoms with Crippen LogP contribution >= 0.6 is 0 Å². The molecular weight excluding hydrogens is 378 g/mol. The first-order valence-corrected chi connectivity index (χ1v) is 11.4. The van der Waals surface area contributed by atoms with Gasteiger partial charge in [0.2, 0.25) is 0 Å². The highest BCUT2D eigenvalue weighted by atomic mass is 32.2. The predicted octanol–water partition coefficient (Wildman–Crippen LogP) is 5.38. The first-order valence-electron chi connectivity index (χ1n) is 9.95. The van der Waals surface area contributed by atoms with Crippen LogP contribution < -0.4 is 0 Å². The molecule has 146 valence electrons. The minimum Gasteiger partial charge on any atom is -0.238 e. The lowest BCUT2D eigenvalue weighted by Crippen LogP contribution is -2.16. The van der Waals surface area contributed by atoms with Gasteiger partial charge in [-0.2, -0.15) is 0 Å². The van der Waals surface area contributed by atoms with Gasteiger partial charge in [0.1, 0.15) is 0 Å². The Labute approximate surface area is 171 Å². The molecule has 1 atom stereocenters. The van der Waals surface area contributed by atoms with Crippen molar-refractivity contribution in [2.75, 3.05) is 0 Å². The van der Waals surface area contributed by atoms with Gasteiger partial charge in [0.25, 0.3) is 10.0 Å². The van der Waals surface area contributed by atoms with E-state index in [0.29, 0.717) is 10.8 Å². The number of rotatable bonds is 3. The van der Waals surface area contributed by atoms with Crippen LogP contribution in [0.1, 0.15) is 33.9 Å².